The topological polar surface area (TPSA) is 38.3 Å². The minimum atomic E-state index is -0.281. The third-order valence-electron chi connectivity index (χ3n) is 5.46. The van der Waals surface area contributed by atoms with E-state index in [9.17, 15) is 13.6 Å². The van der Waals surface area contributed by atoms with Gasteiger partial charge in [0.05, 0.1) is 0 Å². The van der Waals surface area contributed by atoms with Crippen molar-refractivity contribution < 1.29 is 18.3 Å². The van der Waals surface area contributed by atoms with E-state index in [2.05, 4.69) is 5.32 Å². The van der Waals surface area contributed by atoms with Crippen LogP contribution in [0, 0.1) is 11.6 Å². The van der Waals surface area contributed by atoms with E-state index in [1.807, 2.05) is 6.92 Å². The van der Waals surface area contributed by atoms with Gasteiger partial charge in [-0.3, -0.25) is 4.79 Å². The second kappa shape index (κ2) is 8.61. The van der Waals surface area contributed by atoms with Crippen LogP contribution in [-0.4, -0.2) is 25.7 Å². The summed E-state index contributed by atoms with van der Waals surface area (Å²) in [7, 11) is 0. The first-order valence-electron chi connectivity index (χ1n) is 9.34. The molecule has 1 unspecified atom stereocenters. The van der Waals surface area contributed by atoms with E-state index < -0.39 is 0 Å². The molecule has 0 radical (unpaired) electrons. The molecule has 2 aromatic rings. The SMILES string of the molecule is CC(CC(=O)NCC1(c2ccc(F)cc2)CCOCC1)c1ccc(F)cc1. The van der Waals surface area contributed by atoms with E-state index in [0.29, 0.717) is 26.2 Å². The second-order valence-electron chi connectivity index (χ2n) is 7.33. The van der Waals surface area contributed by atoms with Crippen LogP contribution in [0.5, 0.6) is 0 Å². The lowest BCUT2D eigenvalue weighted by molar-refractivity contribution is -0.121. The minimum absolute atomic E-state index is 0.00191. The van der Waals surface area contributed by atoms with Gasteiger partial charge in [-0.05, 0) is 54.2 Å². The lowest BCUT2D eigenvalue weighted by atomic mass is 9.74. The number of carbonyl (C=O) groups is 1. The van der Waals surface area contributed by atoms with Crippen LogP contribution in [-0.2, 0) is 14.9 Å². The van der Waals surface area contributed by atoms with Gasteiger partial charge in [-0.1, -0.05) is 31.2 Å². The highest BCUT2D eigenvalue weighted by Gasteiger charge is 2.35. The monoisotopic (exact) mass is 373 g/mol. The number of ether oxygens (including phenoxy) is 1. The third kappa shape index (κ3) is 4.92. The van der Waals surface area contributed by atoms with Crippen molar-refractivity contribution >= 4 is 5.91 Å². The quantitative estimate of drug-likeness (QED) is 0.819. The van der Waals surface area contributed by atoms with Gasteiger partial charge >= 0.3 is 0 Å². The van der Waals surface area contributed by atoms with Crippen LogP contribution in [0.25, 0.3) is 0 Å². The van der Waals surface area contributed by atoms with Crippen LogP contribution in [0.2, 0.25) is 0 Å². The Balaban J connectivity index is 1.63. The molecule has 1 amide bonds. The van der Waals surface area contributed by atoms with Crippen LogP contribution >= 0.6 is 0 Å². The Morgan fingerprint density at radius 2 is 1.59 bits per heavy atom. The van der Waals surface area contributed by atoms with Gasteiger partial charge in [-0.25, -0.2) is 8.78 Å². The molecule has 0 aromatic heterocycles. The number of benzene rings is 2. The van der Waals surface area contributed by atoms with Gasteiger partial charge in [0.15, 0.2) is 0 Å². The molecule has 5 heteroatoms. The fraction of sp³-hybridized carbons (Fsp3) is 0.409. The van der Waals surface area contributed by atoms with Crippen LogP contribution in [0.15, 0.2) is 48.5 Å². The molecule has 1 atom stereocenters. The standard InChI is InChI=1S/C22H25F2NO2/c1-16(17-2-6-19(23)7-3-17)14-21(26)25-15-22(10-12-27-13-11-22)18-4-8-20(24)9-5-18/h2-9,16H,10-15H2,1H3,(H,25,26). The molecule has 3 nitrogen and oxygen atoms in total. The van der Waals surface area contributed by atoms with Gasteiger partial charge in [0.1, 0.15) is 11.6 Å². The number of rotatable bonds is 6. The van der Waals surface area contributed by atoms with Crippen molar-refractivity contribution in [3.63, 3.8) is 0 Å². The summed E-state index contributed by atoms with van der Waals surface area (Å²) in [5, 5.41) is 3.06. The van der Waals surface area contributed by atoms with E-state index in [1.54, 1.807) is 24.3 Å². The first-order chi connectivity index (χ1) is 13.0. The Labute approximate surface area is 158 Å². The maximum absolute atomic E-state index is 13.3. The van der Waals surface area contributed by atoms with E-state index in [-0.39, 0.29) is 28.9 Å². The van der Waals surface area contributed by atoms with Gasteiger partial charge in [-0.2, -0.15) is 0 Å². The summed E-state index contributed by atoms with van der Waals surface area (Å²) < 4.78 is 31.9. The molecular formula is C22H25F2NO2. The summed E-state index contributed by atoms with van der Waals surface area (Å²) in [6.45, 7) is 3.70. The van der Waals surface area contributed by atoms with E-state index in [0.717, 1.165) is 24.0 Å². The Kier molecular flexibility index (Phi) is 6.22. The van der Waals surface area contributed by atoms with Gasteiger partial charge in [0.25, 0.3) is 0 Å². The minimum Gasteiger partial charge on any atom is -0.381 e. The largest absolute Gasteiger partial charge is 0.381 e. The molecule has 144 valence electrons. The lowest BCUT2D eigenvalue weighted by Gasteiger charge is -2.38. The summed E-state index contributed by atoms with van der Waals surface area (Å²) >= 11 is 0. The molecule has 2 aromatic carbocycles. The average Bonchev–Trinajstić information content (AvgIpc) is 2.68. The maximum Gasteiger partial charge on any atom is 0.220 e. The molecule has 27 heavy (non-hydrogen) atoms. The molecule has 1 aliphatic rings. The number of hydrogen-bond donors (Lipinski definition) is 1. The predicted octanol–water partition coefficient (Wildman–Crippen LogP) is 4.32. The van der Waals surface area contributed by atoms with Crippen LogP contribution in [0.4, 0.5) is 8.78 Å². The highest BCUT2D eigenvalue weighted by Crippen LogP contribution is 2.34. The number of carbonyl (C=O) groups excluding carboxylic acids is 1. The smallest absolute Gasteiger partial charge is 0.220 e. The van der Waals surface area contributed by atoms with Gasteiger partial charge < -0.3 is 10.1 Å². The van der Waals surface area contributed by atoms with E-state index in [4.69, 9.17) is 4.74 Å². The summed E-state index contributed by atoms with van der Waals surface area (Å²) in [6.07, 6.45) is 1.90. The normalized spacial score (nSPS) is 17.3. The Morgan fingerprint density at radius 3 is 2.19 bits per heavy atom. The Hall–Kier alpha value is -2.27. The maximum atomic E-state index is 13.3. The van der Waals surface area contributed by atoms with Crippen LogP contribution < -0.4 is 5.32 Å². The van der Waals surface area contributed by atoms with Gasteiger partial charge in [0.2, 0.25) is 5.91 Å². The van der Waals surface area contributed by atoms with Crippen molar-refractivity contribution in [2.75, 3.05) is 19.8 Å². The van der Waals surface area contributed by atoms with Gasteiger partial charge in [0, 0.05) is 31.6 Å². The molecule has 3 rings (SSSR count). The zero-order chi connectivity index (χ0) is 19.3. The summed E-state index contributed by atoms with van der Waals surface area (Å²) in [5.41, 5.74) is 1.73. The van der Waals surface area contributed by atoms with Crippen LogP contribution in [0.3, 0.4) is 0 Å². The third-order valence-corrected chi connectivity index (χ3v) is 5.46. The summed E-state index contributed by atoms with van der Waals surface area (Å²) in [6, 6.07) is 12.8. The molecule has 1 N–H and O–H groups in total. The Morgan fingerprint density at radius 1 is 1.04 bits per heavy atom. The number of halogens is 2. The zero-order valence-corrected chi connectivity index (χ0v) is 15.5. The van der Waals surface area contributed by atoms with E-state index >= 15 is 0 Å². The summed E-state index contributed by atoms with van der Waals surface area (Å²) in [5.74, 6) is -0.587. The highest BCUT2D eigenvalue weighted by molar-refractivity contribution is 5.77. The van der Waals surface area contributed by atoms with Gasteiger partial charge in [-0.15, -0.1) is 0 Å². The second-order valence-corrected chi connectivity index (χ2v) is 7.33. The lowest BCUT2D eigenvalue weighted by Crippen LogP contribution is -2.44. The van der Waals surface area contributed by atoms with Crippen molar-refractivity contribution in [2.45, 2.75) is 37.5 Å². The molecule has 0 bridgehead atoms. The molecule has 0 spiro atoms. The average molecular weight is 373 g/mol. The zero-order valence-electron chi connectivity index (χ0n) is 15.5. The first-order valence-corrected chi connectivity index (χ1v) is 9.34. The fourth-order valence-electron chi connectivity index (χ4n) is 3.66. The van der Waals surface area contributed by atoms with Crippen molar-refractivity contribution in [2.24, 2.45) is 0 Å². The van der Waals surface area contributed by atoms with Crippen molar-refractivity contribution in [1.82, 2.24) is 5.32 Å². The van der Waals surface area contributed by atoms with Crippen molar-refractivity contribution in [3.8, 4) is 0 Å². The molecule has 1 heterocycles. The van der Waals surface area contributed by atoms with Crippen molar-refractivity contribution in [1.29, 1.82) is 0 Å². The van der Waals surface area contributed by atoms with E-state index in [1.165, 1.54) is 24.3 Å². The molecule has 1 saturated heterocycles. The highest BCUT2D eigenvalue weighted by atomic mass is 19.1. The predicted molar refractivity (Wildman–Crippen MR) is 101 cm³/mol. The molecule has 1 fully saturated rings. The Bertz CT molecular complexity index is 753. The number of nitrogens with one attached hydrogen (secondary N) is 1. The summed E-state index contributed by atoms with van der Waals surface area (Å²) in [4.78, 5) is 12.5. The first kappa shape index (κ1) is 19.5. The number of hydrogen-bond acceptors (Lipinski definition) is 2. The number of amides is 1. The molecular weight excluding hydrogens is 348 g/mol. The molecule has 1 aliphatic heterocycles. The van der Waals surface area contributed by atoms with Crippen LogP contribution in [0.1, 0.15) is 43.2 Å². The fourth-order valence-corrected chi connectivity index (χ4v) is 3.66. The molecule has 0 aliphatic carbocycles. The molecule has 0 saturated carbocycles. The van der Waals surface area contributed by atoms with Crippen molar-refractivity contribution in [3.05, 3.63) is 71.3 Å².